The summed E-state index contributed by atoms with van der Waals surface area (Å²) in [6, 6.07) is 21.8. The molecule has 1 aliphatic heterocycles. The first-order valence-electron chi connectivity index (χ1n) is 13.8. The molecule has 0 aromatic heterocycles. The molecule has 0 radical (unpaired) electrons. The molecule has 11 heteroatoms. The number of urea groups is 1. The summed E-state index contributed by atoms with van der Waals surface area (Å²) in [4.78, 5) is 43.4. The van der Waals surface area contributed by atoms with Crippen LogP contribution < -0.4 is 20.5 Å². The van der Waals surface area contributed by atoms with Crippen molar-refractivity contribution in [2.45, 2.75) is 18.0 Å². The van der Waals surface area contributed by atoms with Gasteiger partial charge in [-0.2, -0.15) is 5.26 Å². The van der Waals surface area contributed by atoms with E-state index in [4.69, 9.17) is 26.8 Å². The van der Waals surface area contributed by atoms with Crippen LogP contribution in [0.1, 0.15) is 39.0 Å². The zero-order valence-electron chi connectivity index (χ0n) is 24.2. The van der Waals surface area contributed by atoms with Gasteiger partial charge in [0.1, 0.15) is 11.9 Å². The number of nitrogens with two attached hydrogens (primary N) is 1. The third-order valence-corrected chi connectivity index (χ3v) is 8.15. The lowest BCUT2D eigenvalue weighted by atomic mass is 9.76. The lowest BCUT2D eigenvalue weighted by Crippen LogP contribution is -2.48. The van der Waals surface area contributed by atoms with Crippen molar-refractivity contribution in [3.63, 3.8) is 0 Å². The van der Waals surface area contributed by atoms with Crippen molar-refractivity contribution in [3.05, 3.63) is 124 Å². The Morgan fingerprint density at radius 2 is 1.51 bits per heavy atom. The highest BCUT2D eigenvalue weighted by Gasteiger charge is 2.57. The molecule has 45 heavy (non-hydrogen) atoms. The number of nitrogens with one attached hydrogen (secondary N) is 1. The summed E-state index contributed by atoms with van der Waals surface area (Å²) >= 11 is 6.21. The van der Waals surface area contributed by atoms with Gasteiger partial charge in [-0.15, -0.1) is 0 Å². The fourth-order valence-electron chi connectivity index (χ4n) is 5.89. The van der Waals surface area contributed by atoms with E-state index in [0.717, 1.165) is 0 Å². The second-order valence-electron chi connectivity index (χ2n) is 10.4. The van der Waals surface area contributed by atoms with Gasteiger partial charge in [-0.1, -0.05) is 41.9 Å². The predicted molar refractivity (Wildman–Crippen MR) is 166 cm³/mol. The van der Waals surface area contributed by atoms with Crippen molar-refractivity contribution in [3.8, 4) is 17.6 Å². The highest BCUT2D eigenvalue weighted by Crippen LogP contribution is 2.52. The molecular formula is C34H28ClFN4O5. The molecule has 1 aliphatic rings. The van der Waals surface area contributed by atoms with Crippen molar-refractivity contribution in [1.82, 2.24) is 4.90 Å². The van der Waals surface area contributed by atoms with Gasteiger partial charge in [0.25, 0.3) is 0 Å². The van der Waals surface area contributed by atoms with Gasteiger partial charge in [-0.3, -0.25) is 9.59 Å². The van der Waals surface area contributed by atoms with E-state index in [1.54, 1.807) is 42.5 Å². The number of ether oxygens (including phenoxy) is 2. The van der Waals surface area contributed by atoms with Gasteiger partial charge in [-0.25, -0.2) is 9.18 Å². The van der Waals surface area contributed by atoms with Crippen LogP contribution in [0, 0.1) is 23.1 Å². The second kappa shape index (κ2) is 13.1. The lowest BCUT2D eigenvalue weighted by Gasteiger charge is -2.31. The number of nitrogens with zero attached hydrogens (tertiary/aromatic N) is 2. The summed E-state index contributed by atoms with van der Waals surface area (Å²) in [5, 5.41) is 12.5. The average molecular weight is 627 g/mol. The molecule has 0 saturated carbocycles. The van der Waals surface area contributed by atoms with Crippen molar-refractivity contribution >= 4 is 35.0 Å². The lowest BCUT2D eigenvalue weighted by molar-refractivity contribution is -0.122. The fourth-order valence-corrected chi connectivity index (χ4v) is 6.01. The molecule has 1 fully saturated rings. The number of primary amides is 1. The molecule has 1 heterocycles. The Kier molecular flexibility index (Phi) is 9.02. The first kappa shape index (κ1) is 31.0. The minimum absolute atomic E-state index is 0.268. The van der Waals surface area contributed by atoms with Crippen LogP contribution in [-0.4, -0.2) is 42.9 Å². The minimum Gasteiger partial charge on any atom is -0.493 e. The summed E-state index contributed by atoms with van der Waals surface area (Å²) in [5.41, 5.74) is 7.98. The molecule has 9 nitrogen and oxygen atoms in total. The number of likely N-dealkylation sites (tertiary alicyclic amines) is 1. The number of hydrogen-bond donors (Lipinski definition) is 2. The largest absolute Gasteiger partial charge is 0.493 e. The van der Waals surface area contributed by atoms with Crippen molar-refractivity contribution in [2.24, 2.45) is 11.7 Å². The maximum atomic E-state index is 14.6. The summed E-state index contributed by atoms with van der Waals surface area (Å²) in [6.45, 7) is 0. The minimum atomic E-state index is -1.32. The molecule has 4 atom stereocenters. The normalized spacial score (nSPS) is 19.0. The van der Waals surface area contributed by atoms with Crippen LogP contribution in [0.3, 0.4) is 0 Å². The van der Waals surface area contributed by atoms with Crippen LogP contribution in [0.25, 0.3) is 0 Å². The topological polar surface area (TPSA) is 135 Å². The third kappa shape index (κ3) is 6.16. The number of methoxy groups -OCH3 is 2. The summed E-state index contributed by atoms with van der Waals surface area (Å²) in [5.74, 6) is -2.96. The number of rotatable bonds is 8. The average Bonchev–Trinajstić information content (AvgIpc) is 3.42. The molecule has 0 spiro atoms. The number of Topliss-reactive ketones (excluding diaryl/α,β-unsaturated/α-hetero) is 1. The van der Waals surface area contributed by atoms with Crippen LogP contribution in [0.5, 0.6) is 11.5 Å². The molecule has 5 rings (SSSR count). The van der Waals surface area contributed by atoms with E-state index in [0.29, 0.717) is 33.2 Å². The molecule has 228 valence electrons. The number of amides is 3. The standard InChI is InChI=1S/C34H28ClFN4O5/c1-44-26-16-9-22(17-27(26)45-2)28-29(32(41)21-5-3-19(18-37)4-6-21)30(20-7-10-23(35)11-8-20)40(31(28)33(38)42)34(43)39-25-14-12-24(36)13-15-25/h3-17,28-31H,1-2H3,(H2,38,42)(H,39,43). The maximum absolute atomic E-state index is 14.6. The Bertz CT molecular complexity index is 1770. The van der Waals surface area contributed by atoms with E-state index in [-0.39, 0.29) is 17.0 Å². The van der Waals surface area contributed by atoms with Crippen LogP contribution in [0.15, 0.2) is 91.0 Å². The number of ketones is 1. The summed E-state index contributed by atoms with van der Waals surface area (Å²) < 4.78 is 24.6. The number of nitriles is 1. The first-order chi connectivity index (χ1) is 21.7. The Morgan fingerprint density at radius 1 is 0.889 bits per heavy atom. The van der Waals surface area contributed by atoms with Crippen LogP contribution >= 0.6 is 11.6 Å². The molecule has 4 unspecified atom stereocenters. The molecule has 0 bridgehead atoms. The molecule has 0 aliphatic carbocycles. The Hall–Kier alpha value is -5.40. The highest BCUT2D eigenvalue weighted by molar-refractivity contribution is 6.30. The highest BCUT2D eigenvalue weighted by atomic mass is 35.5. The summed E-state index contributed by atoms with van der Waals surface area (Å²) in [7, 11) is 2.94. The first-order valence-corrected chi connectivity index (χ1v) is 14.2. The van der Waals surface area contributed by atoms with Gasteiger partial charge in [0, 0.05) is 22.2 Å². The van der Waals surface area contributed by atoms with Gasteiger partial charge in [0.15, 0.2) is 17.3 Å². The van der Waals surface area contributed by atoms with E-state index in [2.05, 4.69) is 5.32 Å². The van der Waals surface area contributed by atoms with Gasteiger partial charge < -0.3 is 25.4 Å². The van der Waals surface area contributed by atoms with Gasteiger partial charge in [0.2, 0.25) is 5.91 Å². The van der Waals surface area contributed by atoms with E-state index in [1.165, 1.54) is 67.7 Å². The monoisotopic (exact) mass is 626 g/mol. The van der Waals surface area contributed by atoms with Crippen LogP contribution in [0.4, 0.5) is 14.9 Å². The number of halogens is 2. The van der Waals surface area contributed by atoms with E-state index < -0.39 is 41.7 Å². The third-order valence-electron chi connectivity index (χ3n) is 7.89. The fraction of sp³-hybridized carbons (Fsp3) is 0.176. The molecule has 1 saturated heterocycles. The van der Waals surface area contributed by atoms with Crippen molar-refractivity contribution in [2.75, 3.05) is 19.5 Å². The molecule has 3 amide bonds. The van der Waals surface area contributed by atoms with Crippen molar-refractivity contribution < 1.29 is 28.2 Å². The van der Waals surface area contributed by atoms with Gasteiger partial charge in [0.05, 0.1) is 37.8 Å². The van der Waals surface area contributed by atoms with E-state index >= 15 is 0 Å². The zero-order chi connectivity index (χ0) is 32.2. The molecule has 4 aromatic carbocycles. The van der Waals surface area contributed by atoms with Gasteiger partial charge >= 0.3 is 6.03 Å². The molecular weight excluding hydrogens is 599 g/mol. The quantitative estimate of drug-likeness (QED) is 0.227. The van der Waals surface area contributed by atoms with Gasteiger partial charge in [-0.05, 0) is 71.8 Å². The smallest absolute Gasteiger partial charge is 0.323 e. The Labute approximate surface area is 263 Å². The Morgan fingerprint density at radius 3 is 2.09 bits per heavy atom. The SMILES string of the molecule is COc1ccc(C2C(C(=O)c3ccc(C#N)cc3)C(c3ccc(Cl)cc3)N(C(=O)Nc3ccc(F)cc3)C2C(N)=O)cc1OC. The number of anilines is 1. The number of hydrogen-bond acceptors (Lipinski definition) is 6. The van der Waals surface area contributed by atoms with E-state index in [1.807, 2.05) is 6.07 Å². The van der Waals surface area contributed by atoms with Crippen LogP contribution in [-0.2, 0) is 4.79 Å². The molecule has 4 aromatic rings. The summed E-state index contributed by atoms with van der Waals surface area (Å²) in [6.07, 6.45) is 0. The second-order valence-corrected chi connectivity index (χ2v) is 10.8. The molecule has 3 N–H and O–H groups in total. The predicted octanol–water partition coefficient (Wildman–Crippen LogP) is 6.09. The van der Waals surface area contributed by atoms with Crippen LogP contribution in [0.2, 0.25) is 5.02 Å². The maximum Gasteiger partial charge on any atom is 0.323 e. The zero-order valence-corrected chi connectivity index (χ0v) is 25.0. The number of carbonyl (C=O) groups is 3. The van der Waals surface area contributed by atoms with Crippen molar-refractivity contribution in [1.29, 1.82) is 5.26 Å². The number of carbonyl (C=O) groups excluding carboxylic acids is 3. The Balaban J connectivity index is 1.74. The van der Waals surface area contributed by atoms with E-state index in [9.17, 15) is 24.0 Å². The number of benzene rings is 4.